The summed E-state index contributed by atoms with van der Waals surface area (Å²) in [6.45, 7) is 3.05. The van der Waals surface area contributed by atoms with Crippen molar-refractivity contribution in [3.05, 3.63) is 45.6 Å². The van der Waals surface area contributed by atoms with Gasteiger partial charge < -0.3 is 10.6 Å². The Hall–Kier alpha value is -3.01. The number of rotatable bonds is 9. The Labute approximate surface area is 180 Å². The Kier molecular flexibility index (Phi) is 8.09. The summed E-state index contributed by atoms with van der Waals surface area (Å²) in [4.78, 5) is 49.0. The number of aryl methyl sites for hydroxylation is 1. The number of anilines is 2. The first kappa shape index (κ1) is 24.3. The van der Waals surface area contributed by atoms with Crippen LogP contribution in [0.25, 0.3) is 0 Å². The van der Waals surface area contributed by atoms with Crippen LogP contribution in [0.1, 0.15) is 52.7 Å². The minimum atomic E-state index is -4.63. The SMILES string of the molecule is CC(=O)Nc1ccc(C(F)(F)F)cc1NC(=O)CCC(=O)CCC(=O)c1ccc(C)s1. The lowest BCUT2D eigenvalue weighted by atomic mass is 10.1. The first-order chi connectivity index (χ1) is 14.5. The largest absolute Gasteiger partial charge is 0.416 e. The molecule has 0 unspecified atom stereocenters. The molecule has 10 heteroatoms. The average Bonchev–Trinajstić information content (AvgIpc) is 3.11. The third-order valence-electron chi connectivity index (χ3n) is 4.21. The highest BCUT2D eigenvalue weighted by molar-refractivity contribution is 7.14. The van der Waals surface area contributed by atoms with Crippen LogP contribution in [0.5, 0.6) is 0 Å². The zero-order valence-electron chi connectivity index (χ0n) is 16.9. The van der Waals surface area contributed by atoms with E-state index in [0.717, 1.165) is 17.0 Å². The molecular formula is C21H21F3N2O4S. The van der Waals surface area contributed by atoms with E-state index in [2.05, 4.69) is 10.6 Å². The maximum atomic E-state index is 13.0. The third kappa shape index (κ3) is 7.63. The second kappa shape index (κ2) is 10.3. The van der Waals surface area contributed by atoms with E-state index in [4.69, 9.17) is 0 Å². The predicted molar refractivity (Wildman–Crippen MR) is 111 cm³/mol. The summed E-state index contributed by atoms with van der Waals surface area (Å²) in [6, 6.07) is 6.06. The van der Waals surface area contributed by atoms with Crippen molar-refractivity contribution >= 4 is 46.1 Å². The molecule has 1 heterocycles. The van der Waals surface area contributed by atoms with Gasteiger partial charge in [-0.2, -0.15) is 13.2 Å². The highest BCUT2D eigenvalue weighted by Gasteiger charge is 2.31. The number of thiophene rings is 1. The Morgan fingerprint density at radius 3 is 2.16 bits per heavy atom. The molecule has 0 saturated carbocycles. The molecule has 0 fully saturated rings. The number of nitrogens with one attached hydrogen (secondary N) is 2. The minimum Gasteiger partial charge on any atom is -0.325 e. The van der Waals surface area contributed by atoms with Crippen molar-refractivity contribution in [3.8, 4) is 0 Å². The molecule has 2 N–H and O–H groups in total. The maximum absolute atomic E-state index is 13.0. The van der Waals surface area contributed by atoms with Gasteiger partial charge in [0.15, 0.2) is 5.78 Å². The topological polar surface area (TPSA) is 92.3 Å². The van der Waals surface area contributed by atoms with E-state index < -0.39 is 23.6 Å². The van der Waals surface area contributed by atoms with Gasteiger partial charge >= 0.3 is 6.18 Å². The standard InChI is InChI=1S/C21H21F3N2O4S/c1-12-3-9-19(31-12)18(29)8-5-15(28)6-10-20(30)26-17-11-14(21(22,23)24)4-7-16(17)25-13(2)27/h3-4,7,9,11H,5-6,8,10H2,1-2H3,(H,25,27)(H,26,30). The van der Waals surface area contributed by atoms with Crippen LogP contribution in [0.2, 0.25) is 0 Å². The van der Waals surface area contributed by atoms with Gasteiger partial charge in [-0.15, -0.1) is 11.3 Å². The number of amides is 2. The number of alkyl halides is 3. The molecule has 2 amide bonds. The third-order valence-corrected chi connectivity index (χ3v) is 5.25. The van der Waals surface area contributed by atoms with Crippen molar-refractivity contribution < 1.29 is 32.3 Å². The average molecular weight is 454 g/mol. The quantitative estimate of drug-likeness (QED) is 0.523. The van der Waals surface area contributed by atoms with Gasteiger partial charge in [0.1, 0.15) is 5.78 Å². The predicted octanol–water partition coefficient (Wildman–Crippen LogP) is 4.98. The summed E-state index contributed by atoms with van der Waals surface area (Å²) < 4.78 is 38.9. The van der Waals surface area contributed by atoms with Crippen molar-refractivity contribution in [2.45, 2.75) is 45.7 Å². The summed E-state index contributed by atoms with van der Waals surface area (Å²) in [5, 5.41) is 4.65. The van der Waals surface area contributed by atoms with Gasteiger partial charge in [-0.3, -0.25) is 19.2 Å². The molecule has 1 aromatic carbocycles. The fraction of sp³-hybridized carbons (Fsp3) is 0.333. The maximum Gasteiger partial charge on any atom is 0.416 e. The minimum absolute atomic E-state index is 0.0111. The van der Waals surface area contributed by atoms with Crippen molar-refractivity contribution in [2.75, 3.05) is 10.6 Å². The van der Waals surface area contributed by atoms with Gasteiger partial charge in [0.05, 0.1) is 21.8 Å². The van der Waals surface area contributed by atoms with Crippen LogP contribution in [0.4, 0.5) is 24.5 Å². The lowest BCUT2D eigenvalue weighted by Gasteiger charge is -2.14. The summed E-state index contributed by atoms with van der Waals surface area (Å²) >= 11 is 1.34. The molecule has 0 radical (unpaired) electrons. The van der Waals surface area contributed by atoms with E-state index in [-0.39, 0.29) is 48.6 Å². The number of halogens is 3. The van der Waals surface area contributed by atoms with Gasteiger partial charge in [0.25, 0.3) is 0 Å². The Balaban J connectivity index is 1.93. The summed E-state index contributed by atoms with van der Waals surface area (Å²) in [5.41, 5.74) is -1.20. The van der Waals surface area contributed by atoms with Gasteiger partial charge in [-0.1, -0.05) is 0 Å². The van der Waals surface area contributed by atoms with Gasteiger partial charge in [-0.05, 0) is 37.3 Å². The fourth-order valence-corrected chi connectivity index (χ4v) is 3.51. The molecule has 2 rings (SSSR count). The smallest absolute Gasteiger partial charge is 0.325 e. The Bertz CT molecular complexity index is 999. The number of Topliss-reactive ketones (excluding diaryl/α,β-unsaturated/α-hetero) is 2. The molecule has 6 nitrogen and oxygen atoms in total. The van der Waals surface area contributed by atoms with E-state index in [1.807, 2.05) is 13.0 Å². The van der Waals surface area contributed by atoms with Gasteiger partial charge in [-0.25, -0.2) is 0 Å². The molecule has 0 aliphatic carbocycles. The lowest BCUT2D eigenvalue weighted by molar-refractivity contribution is -0.137. The molecule has 0 bridgehead atoms. The van der Waals surface area contributed by atoms with E-state index >= 15 is 0 Å². The van der Waals surface area contributed by atoms with Crippen molar-refractivity contribution in [2.24, 2.45) is 0 Å². The highest BCUT2D eigenvalue weighted by Crippen LogP contribution is 2.34. The normalized spacial score (nSPS) is 11.1. The van der Waals surface area contributed by atoms with Crippen LogP contribution < -0.4 is 10.6 Å². The number of carbonyl (C=O) groups excluding carboxylic acids is 4. The molecule has 0 saturated heterocycles. The lowest BCUT2D eigenvalue weighted by Crippen LogP contribution is -2.17. The van der Waals surface area contributed by atoms with Gasteiger partial charge in [0.2, 0.25) is 11.8 Å². The second-order valence-electron chi connectivity index (χ2n) is 6.86. The fourth-order valence-electron chi connectivity index (χ4n) is 2.67. The Morgan fingerprint density at radius 2 is 1.58 bits per heavy atom. The number of ketones is 2. The molecule has 0 spiro atoms. The van der Waals surface area contributed by atoms with Crippen LogP contribution in [0.15, 0.2) is 30.3 Å². The van der Waals surface area contributed by atoms with Gasteiger partial charge in [0, 0.05) is 37.5 Å². The summed E-state index contributed by atoms with van der Waals surface area (Å²) in [7, 11) is 0. The van der Waals surface area contributed by atoms with Crippen molar-refractivity contribution in [3.63, 3.8) is 0 Å². The molecule has 166 valence electrons. The van der Waals surface area contributed by atoms with Crippen molar-refractivity contribution in [1.82, 2.24) is 0 Å². The molecule has 1 aromatic heterocycles. The summed E-state index contributed by atoms with van der Waals surface area (Å²) in [6.07, 6.45) is -5.04. The zero-order valence-corrected chi connectivity index (χ0v) is 17.7. The molecule has 0 atom stereocenters. The van der Waals surface area contributed by atoms with Crippen LogP contribution in [-0.2, 0) is 20.6 Å². The van der Waals surface area contributed by atoms with Crippen LogP contribution in [0, 0.1) is 6.92 Å². The number of hydrogen-bond acceptors (Lipinski definition) is 5. The van der Waals surface area contributed by atoms with E-state index in [0.29, 0.717) is 10.9 Å². The van der Waals surface area contributed by atoms with Crippen LogP contribution >= 0.6 is 11.3 Å². The number of hydrogen-bond donors (Lipinski definition) is 2. The molecule has 0 aliphatic rings. The number of benzene rings is 1. The molecule has 31 heavy (non-hydrogen) atoms. The van der Waals surface area contributed by atoms with Crippen molar-refractivity contribution in [1.29, 1.82) is 0 Å². The molecule has 0 aliphatic heterocycles. The van der Waals surface area contributed by atoms with Crippen LogP contribution in [-0.4, -0.2) is 23.4 Å². The monoisotopic (exact) mass is 454 g/mol. The Morgan fingerprint density at radius 1 is 0.903 bits per heavy atom. The first-order valence-corrected chi connectivity index (χ1v) is 10.2. The zero-order chi connectivity index (χ0) is 23.2. The summed E-state index contributed by atoms with van der Waals surface area (Å²) in [5.74, 6) is -1.65. The first-order valence-electron chi connectivity index (χ1n) is 9.35. The number of carbonyl (C=O) groups is 4. The highest BCUT2D eigenvalue weighted by atomic mass is 32.1. The second-order valence-corrected chi connectivity index (χ2v) is 8.15. The molecular weight excluding hydrogens is 433 g/mol. The van der Waals surface area contributed by atoms with E-state index in [1.54, 1.807) is 6.07 Å². The molecule has 2 aromatic rings. The van der Waals surface area contributed by atoms with E-state index in [1.165, 1.54) is 18.3 Å². The van der Waals surface area contributed by atoms with E-state index in [9.17, 15) is 32.3 Å². The van der Waals surface area contributed by atoms with Crippen LogP contribution in [0.3, 0.4) is 0 Å².